The maximum absolute atomic E-state index is 12.2. The first-order valence-electron chi connectivity index (χ1n) is 8.68. The van der Waals surface area contributed by atoms with Gasteiger partial charge < -0.3 is 4.74 Å². The summed E-state index contributed by atoms with van der Waals surface area (Å²) in [5.41, 5.74) is -6.51. The van der Waals surface area contributed by atoms with Crippen LogP contribution in [0.2, 0.25) is 0 Å². The molecule has 6 nitrogen and oxygen atoms in total. The molecule has 1 aromatic carbocycles. The highest BCUT2D eigenvalue weighted by Gasteiger charge is 2.47. The summed E-state index contributed by atoms with van der Waals surface area (Å²) < 4.78 is 92.5. The summed E-state index contributed by atoms with van der Waals surface area (Å²) in [5, 5.41) is 0. The molecule has 0 atom stereocenters. The Labute approximate surface area is 164 Å². The van der Waals surface area contributed by atoms with Crippen LogP contribution >= 0.6 is 0 Å². The maximum atomic E-state index is 12.2. The van der Waals surface area contributed by atoms with Gasteiger partial charge in [0.05, 0.1) is 17.3 Å². The van der Waals surface area contributed by atoms with Crippen molar-refractivity contribution in [3.8, 4) is 5.75 Å². The number of sulfone groups is 1. The number of benzene rings is 1. The smallest absolute Gasteiger partial charge is 0.488 e. The van der Waals surface area contributed by atoms with Gasteiger partial charge >= 0.3 is 15.6 Å². The second-order valence-corrected chi connectivity index (χ2v) is 10.5. The molecule has 0 radical (unpaired) electrons. The van der Waals surface area contributed by atoms with Crippen molar-refractivity contribution in [3.05, 3.63) is 24.3 Å². The molecule has 1 rings (SSSR count). The van der Waals surface area contributed by atoms with Gasteiger partial charge in [-0.1, -0.05) is 19.8 Å². The number of hydrogen-bond donors (Lipinski definition) is 0. The number of halogens is 3. The van der Waals surface area contributed by atoms with Crippen LogP contribution in [0, 0.1) is 0 Å². The van der Waals surface area contributed by atoms with Crippen LogP contribution < -0.4 is 4.74 Å². The van der Waals surface area contributed by atoms with Crippen LogP contribution in [0.3, 0.4) is 0 Å². The lowest BCUT2D eigenvalue weighted by molar-refractivity contribution is -0.0553. The Balaban J connectivity index is 2.67. The Morgan fingerprint density at radius 3 is 2.04 bits per heavy atom. The summed E-state index contributed by atoms with van der Waals surface area (Å²) in [6.45, 7) is 4.36. The Bertz CT molecular complexity index is 829. The minimum Gasteiger partial charge on any atom is -0.488 e. The topological polar surface area (TPSA) is 86.7 Å². The highest BCUT2D eigenvalue weighted by Crippen LogP contribution is 2.27. The van der Waals surface area contributed by atoms with Crippen LogP contribution in [0.15, 0.2) is 29.2 Å². The summed E-state index contributed by atoms with van der Waals surface area (Å²) in [5.74, 6) is 0.355. The number of hydrogen-bond acceptors (Lipinski definition) is 6. The average molecular weight is 447 g/mol. The lowest BCUT2D eigenvalue weighted by Gasteiger charge is -2.26. The summed E-state index contributed by atoms with van der Waals surface area (Å²) in [6, 6.07) is 5.69. The van der Waals surface area contributed by atoms with Gasteiger partial charge in [-0.25, -0.2) is 8.42 Å². The van der Waals surface area contributed by atoms with Gasteiger partial charge in [-0.3, -0.25) is 4.18 Å². The molecule has 0 aliphatic heterocycles. The standard InChI is InChI=1S/C17H25F3O6S2/c1-4-5-6-13-27(21,22)15-9-7-14(8-10-15)26-16(2,3)11-12-25-28(23,24)17(18,19)20/h7-10H,4-6,11-13H2,1-3H3. The minimum absolute atomic E-state index is 0.0531. The van der Waals surface area contributed by atoms with Crippen molar-refractivity contribution in [2.75, 3.05) is 12.4 Å². The minimum atomic E-state index is -5.65. The summed E-state index contributed by atoms with van der Waals surface area (Å²) in [4.78, 5) is 0.161. The molecule has 28 heavy (non-hydrogen) atoms. The van der Waals surface area contributed by atoms with Crippen LogP contribution in [0.1, 0.15) is 46.5 Å². The molecule has 0 saturated carbocycles. The van der Waals surface area contributed by atoms with Gasteiger partial charge in [-0.15, -0.1) is 0 Å². The van der Waals surface area contributed by atoms with E-state index in [2.05, 4.69) is 4.18 Å². The molecular formula is C17H25F3O6S2. The number of rotatable bonds is 11. The molecule has 0 aromatic heterocycles. The van der Waals surface area contributed by atoms with Crippen molar-refractivity contribution < 1.29 is 38.9 Å². The van der Waals surface area contributed by atoms with E-state index in [4.69, 9.17) is 4.74 Å². The van der Waals surface area contributed by atoms with E-state index >= 15 is 0 Å². The maximum Gasteiger partial charge on any atom is 0.523 e. The summed E-state index contributed by atoms with van der Waals surface area (Å²) in [7, 11) is -9.03. The average Bonchev–Trinajstić information content (AvgIpc) is 2.53. The van der Waals surface area contributed by atoms with Crippen LogP contribution in [-0.2, 0) is 24.1 Å². The Morgan fingerprint density at radius 1 is 0.964 bits per heavy atom. The van der Waals surface area contributed by atoms with E-state index < -0.39 is 37.7 Å². The van der Waals surface area contributed by atoms with Crippen LogP contribution in [-0.4, -0.2) is 40.3 Å². The first-order valence-corrected chi connectivity index (χ1v) is 11.7. The number of unbranched alkanes of at least 4 members (excludes halogenated alkanes) is 2. The zero-order chi connectivity index (χ0) is 21.6. The zero-order valence-corrected chi connectivity index (χ0v) is 17.6. The van der Waals surface area contributed by atoms with Crippen molar-refractivity contribution in [2.45, 2.75) is 62.5 Å². The molecule has 1 aromatic rings. The largest absolute Gasteiger partial charge is 0.523 e. The summed E-state index contributed by atoms with van der Waals surface area (Å²) >= 11 is 0. The molecule has 0 fully saturated rings. The Hall–Kier alpha value is -1.33. The zero-order valence-electron chi connectivity index (χ0n) is 16.0. The van der Waals surface area contributed by atoms with Crippen LogP contribution in [0.25, 0.3) is 0 Å². The van der Waals surface area contributed by atoms with Gasteiger partial charge in [0.1, 0.15) is 11.4 Å². The second-order valence-electron chi connectivity index (χ2n) is 6.83. The lowest BCUT2D eigenvalue weighted by Crippen LogP contribution is -2.32. The van der Waals surface area contributed by atoms with E-state index in [1.165, 1.54) is 24.3 Å². The monoisotopic (exact) mass is 446 g/mol. The van der Waals surface area contributed by atoms with E-state index in [-0.39, 0.29) is 17.1 Å². The predicted molar refractivity (Wildman–Crippen MR) is 98.3 cm³/mol. The highest BCUT2D eigenvalue weighted by molar-refractivity contribution is 7.91. The fourth-order valence-electron chi connectivity index (χ4n) is 2.21. The molecular weight excluding hydrogens is 421 g/mol. The van der Waals surface area contributed by atoms with Gasteiger partial charge in [-0.05, 0) is 44.5 Å². The molecule has 0 bridgehead atoms. The first kappa shape index (κ1) is 24.7. The predicted octanol–water partition coefficient (Wildman–Crippen LogP) is 4.06. The molecule has 0 N–H and O–H groups in total. The van der Waals surface area contributed by atoms with Crippen molar-refractivity contribution in [3.63, 3.8) is 0 Å². The fourth-order valence-corrected chi connectivity index (χ4v) is 4.02. The number of ether oxygens (including phenoxy) is 1. The molecule has 0 saturated heterocycles. The molecule has 0 heterocycles. The van der Waals surface area contributed by atoms with E-state index in [0.717, 1.165) is 12.8 Å². The quantitative estimate of drug-likeness (QED) is 0.289. The fraction of sp³-hybridized carbons (Fsp3) is 0.647. The third-order valence-electron chi connectivity index (χ3n) is 3.82. The summed E-state index contributed by atoms with van der Waals surface area (Å²) in [6.07, 6.45) is 2.16. The molecule has 0 unspecified atom stereocenters. The Kier molecular flexibility index (Phi) is 8.33. The molecule has 0 aliphatic carbocycles. The third kappa shape index (κ3) is 7.59. The molecule has 0 aliphatic rings. The normalized spacial score (nSPS) is 13.5. The van der Waals surface area contributed by atoms with Crippen LogP contribution in [0.4, 0.5) is 13.2 Å². The van der Waals surface area contributed by atoms with Crippen molar-refractivity contribution in [2.24, 2.45) is 0 Å². The van der Waals surface area contributed by atoms with E-state index in [0.29, 0.717) is 12.2 Å². The second kappa shape index (κ2) is 9.45. The molecule has 11 heteroatoms. The van der Waals surface area contributed by atoms with Gasteiger partial charge in [0, 0.05) is 6.42 Å². The van der Waals surface area contributed by atoms with Crippen molar-refractivity contribution in [1.29, 1.82) is 0 Å². The lowest BCUT2D eigenvalue weighted by atomic mass is 10.1. The highest BCUT2D eigenvalue weighted by atomic mass is 32.2. The third-order valence-corrected chi connectivity index (χ3v) is 6.68. The number of alkyl halides is 3. The van der Waals surface area contributed by atoms with Gasteiger partial charge in [0.2, 0.25) is 0 Å². The van der Waals surface area contributed by atoms with Gasteiger partial charge in [-0.2, -0.15) is 21.6 Å². The van der Waals surface area contributed by atoms with Gasteiger partial charge in [0.25, 0.3) is 0 Å². The molecule has 0 amide bonds. The SMILES string of the molecule is CCCCCS(=O)(=O)c1ccc(OC(C)(C)CCOS(=O)(=O)C(F)(F)F)cc1. The van der Waals surface area contributed by atoms with Crippen molar-refractivity contribution in [1.82, 2.24) is 0 Å². The molecule has 0 spiro atoms. The van der Waals surface area contributed by atoms with Crippen molar-refractivity contribution >= 4 is 20.0 Å². The van der Waals surface area contributed by atoms with Gasteiger partial charge in [0.15, 0.2) is 9.84 Å². The van der Waals surface area contributed by atoms with E-state index in [1.807, 2.05) is 6.92 Å². The van der Waals surface area contributed by atoms with E-state index in [1.54, 1.807) is 13.8 Å². The van der Waals surface area contributed by atoms with Crippen LogP contribution in [0.5, 0.6) is 5.75 Å². The first-order chi connectivity index (χ1) is 12.7. The molecule has 162 valence electrons. The van der Waals surface area contributed by atoms with E-state index in [9.17, 15) is 30.0 Å². The Morgan fingerprint density at radius 2 is 1.54 bits per heavy atom.